The number of H-pyrrole nitrogens is 1. The highest BCUT2D eigenvalue weighted by atomic mass is 16.5. The van der Waals surface area contributed by atoms with Gasteiger partial charge in [0.25, 0.3) is 5.78 Å². The molecule has 1 aromatic heterocycles. The van der Waals surface area contributed by atoms with Crippen molar-refractivity contribution >= 4 is 34.4 Å². The number of rotatable bonds is 6. The summed E-state index contributed by atoms with van der Waals surface area (Å²) in [5.41, 5.74) is 3.72. The number of aryl methyl sites for hydroxylation is 2. The monoisotopic (exact) mass is 513 g/mol. The van der Waals surface area contributed by atoms with Gasteiger partial charge in [-0.05, 0) is 68.3 Å². The third-order valence-corrected chi connectivity index (χ3v) is 6.51. The molecule has 3 N–H and O–H groups in total. The van der Waals surface area contributed by atoms with Gasteiger partial charge in [-0.3, -0.25) is 14.5 Å². The number of hydrogen-bond donors (Lipinski definition) is 3. The molecule has 0 aliphatic carbocycles. The van der Waals surface area contributed by atoms with Crippen LogP contribution in [0.15, 0.2) is 60.2 Å². The Morgan fingerprint density at radius 1 is 1.03 bits per heavy atom. The van der Waals surface area contributed by atoms with Gasteiger partial charge < -0.3 is 24.7 Å². The molecule has 5 rings (SSSR count). The van der Waals surface area contributed by atoms with Crippen molar-refractivity contribution in [1.29, 1.82) is 0 Å². The molecule has 2 heterocycles. The lowest BCUT2D eigenvalue weighted by Gasteiger charge is -2.24. The Morgan fingerprint density at radius 3 is 2.50 bits per heavy atom. The average Bonchev–Trinajstić information content (AvgIpc) is 3.42. The largest absolute Gasteiger partial charge is 0.507 e. The summed E-state index contributed by atoms with van der Waals surface area (Å²) < 4.78 is 11.0. The molecule has 1 fully saturated rings. The van der Waals surface area contributed by atoms with E-state index in [0.717, 1.165) is 11.1 Å². The van der Waals surface area contributed by atoms with Gasteiger partial charge in [0.2, 0.25) is 5.95 Å². The second-order valence-electron chi connectivity index (χ2n) is 9.11. The molecule has 1 aliphatic rings. The number of imidazole rings is 1. The Morgan fingerprint density at radius 2 is 1.76 bits per heavy atom. The number of carbonyl (C=O) groups is 2. The number of Topliss-reactive ketones (excluding diaryl/α,β-unsaturated/α-hetero) is 1. The highest BCUT2D eigenvalue weighted by Gasteiger charge is 2.48. The molecule has 1 saturated heterocycles. The summed E-state index contributed by atoms with van der Waals surface area (Å²) in [6.45, 7) is 5.85. The van der Waals surface area contributed by atoms with E-state index < -0.39 is 17.7 Å². The number of fused-ring (bicyclic) bond motifs is 1. The first kappa shape index (κ1) is 24.9. The molecule has 0 saturated carbocycles. The fourth-order valence-electron chi connectivity index (χ4n) is 4.71. The van der Waals surface area contributed by atoms with Gasteiger partial charge in [-0.1, -0.05) is 23.8 Å². The SMILES string of the molecule is CCOc1cc(C2/C(=C(\O)c3cc(C)ccc3OC)C(=O)C(=O)N2c2nc3ccc(C)cc3[nH]2)ccc1O. The number of nitrogens with zero attached hydrogens (tertiary/aromatic N) is 2. The first-order chi connectivity index (χ1) is 18.2. The Kier molecular flexibility index (Phi) is 6.28. The number of hydrogen-bond acceptors (Lipinski definition) is 7. The van der Waals surface area contributed by atoms with E-state index in [9.17, 15) is 19.8 Å². The van der Waals surface area contributed by atoms with Gasteiger partial charge in [0.05, 0.1) is 41.9 Å². The fourth-order valence-corrected chi connectivity index (χ4v) is 4.71. The van der Waals surface area contributed by atoms with Crippen LogP contribution in [-0.2, 0) is 9.59 Å². The summed E-state index contributed by atoms with van der Waals surface area (Å²) in [5.74, 6) is -1.52. The number of anilines is 1. The molecule has 1 aliphatic heterocycles. The number of benzene rings is 3. The number of phenolic OH excluding ortho intramolecular Hbond substituents is 1. The van der Waals surface area contributed by atoms with Crippen LogP contribution < -0.4 is 14.4 Å². The number of aliphatic hydroxyl groups is 1. The van der Waals surface area contributed by atoms with Crippen molar-refractivity contribution in [3.63, 3.8) is 0 Å². The van der Waals surface area contributed by atoms with E-state index in [-0.39, 0.29) is 34.3 Å². The summed E-state index contributed by atoms with van der Waals surface area (Å²) in [6.07, 6.45) is 0. The number of aromatic amines is 1. The van der Waals surface area contributed by atoms with Gasteiger partial charge in [-0.2, -0.15) is 0 Å². The second kappa shape index (κ2) is 9.59. The van der Waals surface area contributed by atoms with Crippen molar-refractivity contribution in [2.24, 2.45) is 0 Å². The zero-order chi connectivity index (χ0) is 27.1. The summed E-state index contributed by atoms with van der Waals surface area (Å²) in [5, 5.41) is 21.8. The van der Waals surface area contributed by atoms with E-state index in [1.165, 1.54) is 18.1 Å². The molecule has 194 valence electrons. The zero-order valence-corrected chi connectivity index (χ0v) is 21.4. The minimum absolute atomic E-state index is 0.0906. The lowest BCUT2D eigenvalue weighted by atomic mass is 9.94. The molecular formula is C29H27N3O6. The van der Waals surface area contributed by atoms with E-state index in [2.05, 4.69) is 9.97 Å². The van der Waals surface area contributed by atoms with Crippen molar-refractivity contribution in [1.82, 2.24) is 9.97 Å². The number of aliphatic hydroxyl groups excluding tert-OH is 1. The highest BCUT2D eigenvalue weighted by Crippen LogP contribution is 2.44. The molecule has 3 aromatic carbocycles. The van der Waals surface area contributed by atoms with Crippen molar-refractivity contribution in [2.45, 2.75) is 26.8 Å². The molecule has 1 unspecified atom stereocenters. The maximum Gasteiger partial charge on any atom is 0.302 e. The van der Waals surface area contributed by atoms with Crippen LogP contribution in [0.2, 0.25) is 0 Å². The minimum atomic E-state index is -1.07. The Bertz CT molecular complexity index is 1620. The summed E-state index contributed by atoms with van der Waals surface area (Å²) >= 11 is 0. The van der Waals surface area contributed by atoms with Crippen molar-refractivity contribution in [3.8, 4) is 17.2 Å². The van der Waals surface area contributed by atoms with Crippen LogP contribution >= 0.6 is 0 Å². The van der Waals surface area contributed by atoms with Gasteiger partial charge in [0.1, 0.15) is 11.5 Å². The number of aromatic hydroxyl groups is 1. The van der Waals surface area contributed by atoms with Gasteiger partial charge in [-0.15, -0.1) is 0 Å². The lowest BCUT2D eigenvalue weighted by molar-refractivity contribution is -0.132. The molecule has 0 radical (unpaired) electrons. The third kappa shape index (κ3) is 4.11. The van der Waals surface area contributed by atoms with Gasteiger partial charge in [-0.25, -0.2) is 4.98 Å². The number of amides is 1. The van der Waals surface area contributed by atoms with Crippen molar-refractivity contribution < 1.29 is 29.3 Å². The Labute approximate surface area is 219 Å². The van der Waals surface area contributed by atoms with E-state index >= 15 is 0 Å². The van der Waals surface area contributed by atoms with Gasteiger partial charge >= 0.3 is 5.91 Å². The van der Waals surface area contributed by atoms with Crippen molar-refractivity contribution in [3.05, 3.63) is 82.4 Å². The van der Waals surface area contributed by atoms with Crippen LogP contribution in [-0.4, -0.2) is 45.6 Å². The molecule has 0 spiro atoms. The number of ketones is 1. The number of phenols is 1. The van der Waals surface area contributed by atoms with Crippen LogP contribution in [0.25, 0.3) is 16.8 Å². The fraction of sp³-hybridized carbons (Fsp3) is 0.207. The predicted molar refractivity (Wildman–Crippen MR) is 143 cm³/mol. The average molecular weight is 514 g/mol. The van der Waals surface area contributed by atoms with Crippen LogP contribution in [0.4, 0.5) is 5.95 Å². The molecular weight excluding hydrogens is 486 g/mol. The summed E-state index contributed by atoms with van der Waals surface area (Å²) in [4.78, 5) is 36.0. The Balaban J connectivity index is 1.77. The second-order valence-corrected chi connectivity index (χ2v) is 9.11. The van der Waals surface area contributed by atoms with E-state index in [0.29, 0.717) is 29.0 Å². The zero-order valence-electron chi connectivity index (χ0n) is 21.4. The maximum absolute atomic E-state index is 13.5. The van der Waals surface area contributed by atoms with Crippen LogP contribution in [0, 0.1) is 13.8 Å². The third-order valence-electron chi connectivity index (χ3n) is 6.51. The first-order valence-electron chi connectivity index (χ1n) is 12.1. The van der Waals surface area contributed by atoms with E-state index in [1.54, 1.807) is 31.2 Å². The molecule has 1 atom stereocenters. The molecule has 38 heavy (non-hydrogen) atoms. The topological polar surface area (TPSA) is 125 Å². The molecule has 9 nitrogen and oxygen atoms in total. The number of aromatic nitrogens is 2. The van der Waals surface area contributed by atoms with Crippen molar-refractivity contribution in [2.75, 3.05) is 18.6 Å². The molecule has 0 bridgehead atoms. The number of carbonyl (C=O) groups excluding carboxylic acids is 2. The molecule has 4 aromatic rings. The highest BCUT2D eigenvalue weighted by molar-refractivity contribution is 6.51. The normalized spacial score (nSPS) is 16.8. The summed E-state index contributed by atoms with van der Waals surface area (Å²) in [6, 6.07) is 14.3. The Hall–Kier alpha value is -4.79. The quantitative estimate of drug-likeness (QED) is 0.190. The summed E-state index contributed by atoms with van der Waals surface area (Å²) in [7, 11) is 1.46. The van der Waals surface area contributed by atoms with E-state index in [4.69, 9.17) is 9.47 Å². The van der Waals surface area contributed by atoms with E-state index in [1.807, 2.05) is 38.1 Å². The molecule has 9 heteroatoms. The first-order valence-corrected chi connectivity index (χ1v) is 12.1. The smallest absolute Gasteiger partial charge is 0.302 e. The standard InChI is InChI=1S/C29H27N3O6/c1-5-38-23-14-17(8-10-21(23)33)25-24(26(34)18-12-15(2)7-11-22(18)37-4)27(35)28(36)32(25)29-30-19-9-6-16(3)13-20(19)31-29/h6-14,25,33-34H,5H2,1-4H3,(H,30,31)/b26-24+. The van der Waals surface area contributed by atoms with Gasteiger partial charge in [0, 0.05) is 0 Å². The van der Waals surface area contributed by atoms with Crippen LogP contribution in [0.3, 0.4) is 0 Å². The number of methoxy groups -OCH3 is 1. The lowest BCUT2D eigenvalue weighted by Crippen LogP contribution is -2.30. The van der Waals surface area contributed by atoms with Crippen LogP contribution in [0.1, 0.15) is 35.2 Å². The number of ether oxygens (including phenoxy) is 2. The number of nitrogens with one attached hydrogen (secondary N) is 1. The van der Waals surface area contributed by atoms with Crippen LogP contribution in [0.5, 0.6) is 17.2 Å². The van der Waals surface area contributed by atoms with Gasteiger partial charge in [0.15, 0.2) is 11.5 Å². The maximum atomic E-state index is 13.5. The predicted octanol–water partition coefficient (Wildman–Crippen LogP) is 4.92. The molecule has 1 amide bonds. The minimum Gasteiger partial charge on any atom is -0.507 e.